The third-order valence-corrected chi connectivity index (χ3v) is 1.84. The standard InChI is InChI=1S/C8H9ClN2O/c1-5-6(4-10)7(12-2)3-8(9)11-5/h3,8,11H,1-2H3. The summed E-state index contributed by atoms with van der Waals surface area (Å²) in [7, 11) is 1.52. The van der Waals surface area contributed by atoms with Crippen LogP contribution in [0.4, 0.5) is 0 Å². The molecule has 0 aromatic carbocycles. The fraction of sp³-hybridized carbons (Fsp3) is 0.375. The van der Waals surface area contributed by atoms with E-state index >= 15 is 0 Å². The SMILES string of the molecule is COC1=CC(Cl)NC(C)=C1C#N. The fourth-order valence-electron chi connectivity index (χ4n) is 1.03. The van der Waals surface area contributed by atoms with Gasteiger partial charge in [-0.15, -0.1) is 0 Å². The van der Waals surface area contributed by atoms with Crippen LogP contribution in [0.2, 0.25) is 0 Å². The van der Waals surface area contributed by atoms with Crippen LogP contribution < -0.4 is 5.32 Å². The Morgan fingerprint density at radius 2 is 2.42 bits per heavy atom. The molecule has 0 saturated heterocycles. The van der Waals surface area contributed by atoms with Gasteiger partial charge < -0.3 is 10.1 Å². The molecule has 1 aliphatic rings. The van der Waals surface area contributed by atoms with Crippen LogP contribution in [-0.2, 0) is 4.74 Å². The normalized spacial score (nSPS) is 22.5. The van der Waals surface area contributed by atoms with E-state index in [4.69, 9.17) is 21.6 Å². The van der Waals surface area contributed by atoms with Crippen LogP contribution in [0.25, 0.3) is 0 Å². The van der Waals surface area contributed by atoms with Crippen LogP contribution in [0.5, 0.6) is 0 Å². The highest BCUT2D eigenvalue weighted by molar-refractivity contribution is 6.21. The predicted octanol–water partition coefficient (Wildman–Crippen LogP) is 1.48. The van der Waals surface area contributed by atoms with E-state index in [2.05, 4.69) is 5.32 Å². The summed E-state index contributed by atoms with van der Waals surface area (Å²) in [6.45, 7) is 1.79. The molecule has 1 aliphatic heterocycles. The van der Waals surface area contributed by atoms with Crippen molar-refractivity contribution in [3.8, 4) is 6.07 Å². The molecule has 1 atom stereocenters. The van der Waals surface area contributed by atoms with Crippen molar-refractivity contribution in [3.05, 3.63) is 23.1 Å². The first kappa shape index (κ1) is 8.95. The lowest BCUT2D eigenvalue weighted by atomic mass is 10.1. The van der Waals surface area contributed by atoms with Crippen molar-refractivity contribution in [2.24, 2.45) is 0 Å². The summed E-state index contributed by atoms with van der Waals surface area (Å²) in [5.41, 5.74) is 0.961. The Labute approximate surface area is 76.3 Å². The highest BCUT2D eigenvalue weighted by atomic mass is 35.5. The number of nitrogens with zero attached hydrogens (tertiary/aromatic N) is 1. The molecule has 1 rings (SSSR count). The minimum absolute atomic E-state index is 0.294. The van der Waals surface area contributed by atoms with E-state index in [1.54, 1.807) is 13.0 Å². The Morgan fingerprint density at radius 1 is 1.75 bits per heavy atom. The van der Waals surface area contributed by atoms with Crippen molar-refractivity contribution in [1.29, 1.82) is 5.26 Å². The predicted molar refractivity (Wildman–Crippen MR) is 46.2 cm³/mol. The molecule has 4 heteroatoms. The van der Waals surface area contributed by atoms with Gasteiger partial charge in [-0.1, -0.05) is 11.6 Å². The second-order valence-corrected chi connectivity index (χ2v) is 2.86. The third kappa shape index (κ3) is 1.54. The summed E-state index contributed by atoms with van der Waals surface area (Å²) in [6.07, 6.45) is 1.66. The zero-order chi connectivity index (χ0) is 9.14. The smallest absolute Gasteiger partial charge is 0.137 e. The summed E-state index contributed by atoms with van der Waals surface area (Å²) in [4.78, 5) is 0. The molecular weight excluding hydrogens is 176 g/mol. The molecule has 0 spiro atoms. The van der Waals surface area contributed by atoms with Crippen molar-refractivity contribution in [3.63, 3.8) is 0 Å². The van der Waals surface area contributed by atoms with Crippen LogP contribution in [0, 0.1) is 11.3 Å². The summed E-state index contributed by atoms with van der Waals surface area (Å²) in [6, 6.07) is 2.04. The Morgan fingerprint density at radius 3 is 2.92 bits per heavy atom. The number of halogens is 1. The highest BCUT2D eigenvalue weighted by Gasteiger charge is 2.17. The maximum absolute atomic E-state index is 8.74. The van der Waals surface area contributed by atoms with Gasteiger partial charge in [0, 0.05) is 5.70 Å². The molecule has 0 radical (unpaired) electrons. The minimum atomic E-state index is -0.294. The van der Waals surface area contributed by atoms with Gasteiger partial charge in [0.05, 0.1) is 7.11 Å². The van der Waals surface area contributed by atoms with E-state index in [0.29, 0.717) is 11.3 Å². The van der Waals surface area contributed by atoms with Gasteiger partial charge in [-0.2, -0.15) is 5.26 Å². The zero-order valence-corrected chi connectivity index (χ0v) is 7.64. The Hall–Kier alpha value is -1.14. The molecule has 0 bridgehead atoms. The summed E-state index contributed by atoms with van der Waals surface area (Å²) >= 11 is 5.80. The highest BCUT2D eigenvalue weighted by Crippen LogP contribution is 2.20. The van der Waals surface area contributed by atoms with Gasteiger partial charge in [0.25, 0.3) is 0 Å². The molecule has 3 nitrogen and oxygen atoms in total. The van der Waals surface area contributed by atoms with Crippen molar-refractivity contribution >= 4 is 11.6 Å². The molecule has 1 unspecified atom stereocenters. The topological polar surface area (TPSA) is 45.0 Å². The number of nitriles is 1. The summed E-state index contributed by atoms with van der Waals surface area (Å²) < 4.78 is 4.99. The number of dihydropyridines is 1. The number of allylic oxidation sites excluding steroid dienone is 2. The van der Waals surface area contributed by atoms with Crippen LogP contribution in [-0.4, -0.2) is 12.6 Å². The van der Waals surface area contributed by atoms with Gasteiger partial charge >= 0.3 is 0 Å². The number of methoxy groups -OCH3 is 1. The number of hydrogen-bond donors (Lipinski definition) is 1. The van der Waals surface area contributed by atoms with Crippen LogP contribution in [0.1, 0.15) is 6.92 Å². The lowest BCUT2D eigenvalue weighted by molar-refractivity contribution is 0.298. The van der Waals surface area contributed by atoms with Gasteiger partial charge in [0.2, 0.25) is 0 Å². The van der Waals surface area contributed by atoms with Gasteiger partial charge in [-0.25, -0.2) is 0 Å². The minimum Gasteiger partial charge on any atom is -0.496 e. The average Bonchev–Trinajstić information content (AvgIpc) is 2.03. The van der Waals surface area contributed by atoms with E-state index in [1.807, 2.05) is 6.07 Å². The maximum Gasteiger partial charge on any atom is 0.137 e. The molecule has 0 aliphatic carbocycles. The molecule has 0 amide bonds. The Balaban J connectivity index is 3.03. The first-order valence-corrected chi connectivity index (χ1v) is 3.90. The lowest BCUT2D eigenvalue weighted by Crippen LogP contribution is -2.25. The summed E-state index contributed by atoms with van der Waals surface area (Å²) in [5, 5.41) is 11.6. The van der Waals surface area contributed by atoms with Gasteiger partial charge in [-0.05, 0) is 13.0 Å². The van der Waals surface area contributed by atoms with Crippen molar-refractivity contribution in [2.45, 2.75) is 12.4 Å². The molecule has 64 valence electrons. The maximum atomic E-state index is 8.74. The molecular formula is C8H9ClN2O. The van der Waals surface area contributed by atoms with E-state index in [1.165, 1.54) is 7.11 Å². The first-order valence-electron chi connectivity index (χ1n) is 3.46. The molecule has 0 aromatic rings. The molecule has 0 aromatic heterocycles. The number of hydrogen-bond acceptors (Lipinski definition) is 3. The van der Waals surface area contributed by atoms with Crippen molar-refractivity contribution in [1.82, 2.24) is 5.32 Å². The van der Waals surface area contributed by atoms with Crippen molar-refractivity contribution in [2.75, 3.05) is 7.11 Å². The number of rotatable bonds is 1. The van der Waals surface area contributed by atoms with Crippen LogP contribution >= 0.6 is 11.6 Å². The Kier molecular flexibility index (Phi) is 2.61. The third-order valence-electron chi connectivity index (χ3n) is 1.61. The van der Waals surface area contributed by atoms with Gasteiger partial charge in [0.1, 0.15) is 22.9 Å². The van der Waals surface area contributed by atoms with E-state index < -0.39 is 0 Å². The second kappa shape index (κ2) is 3.51. The number of nitrogens with one attached hydrogen (secondary N) is 1. The average molecular weight is 185 g/mol. The zero-order valence-electron chi connectivity index (χ0n) is 6.89. The monoisotopic (exact) mass is 184 g/mol. The van der Waals surface area contributed by atoms with E-state index in [9.17, 15) is 0 Å². The molecule has 1 heterocycles. The molecule has 12 heavy (non-hydrogen) atoms. The van der Waals surface area contributed by atoms with Gasteiger partial charge in [-0.3, -0.25) is 0 Å². The Bertz CT molecular complexity index is 288. The number of ether oxygens (including phenoxy) is 1. The number of alkyl halides is 1. The fourth-order valence-corrected chi connectivity index (χ4v) is 1.31. The molecule has 0 saturated carbocycles. The first-order chi connectivity index (χ1) is 5.69. The lowest BCUT2D eigenvalue weighted by Gasteiger charge is -2.19. The van der Waals surface area contributed by atoms with E-state index in [-0.39, 0.29) is 5.50 Å². The quantitative estimate of drug-likeness (QED) is 0.496. The van der Waals surface area contributed by atoms with Crippen LogP contribution in [0.3, 0.4) is 0 Å². The molecule has 1 N–H and O–H groups in total. The molecule has 0 fully saturated rings. The second-order valence-electron chi connectivity index (χ2n) is 2.39. The van der Waals surface area contributed by atoms with E-state index in [0.717, 1.165) is 5.70 Å². The van der Waals surface area contributed by atoms with Crippen LogP contribution in [0.15, 0.2) is 23.1 Å². The summed E-state index contributed by atoms with van der Waals surface area (Å²) in [5.74, 6) is 0.536. The largest absolute Gasteiger partial charge is 0.496 e. The van der Waals surface area contributed by atoms with Gasteiger partial charge in [0.15, 0.2) is 0 Å². The van der Waals surface area contributed by atoms with Crippen molar-refractivity contribution < 1.29 is 4.74 Å².